The maximum absolute atomic E-state index is 12.8. The van der Waals surface area contributed by atoms with Crippen LogP contribution in [0, 0.1) is 6.92 Å². The lowest BCUT2D eigenvalue weighted by molar-refractivity contribution is 0.0746. The highest BCUT2D eigenvalue weighted by molar-refractivity contribution is 5.95. The largest absolute Gasteiger partial charge is 0.454 e. The summed E-state index contributed by atoms with van der Waals surface area (Å²) < 4.78 is 10.7. The van der Waals surface area contributed by atoms with Crippen LogP contribution < -0.4 is 14.4 Å². The van der Waals surface area contributed by atoms with Crippen LogP contribution >= 0.6 is 0 Å². The molecule has 0 atom stereocenters. The number of carbonyl (C=O) groups excluding carboxylic acids is 1. The second kappa shape index (κ2) is 7.06. The van der Waals surface area contributed by atoms with Crippen molar-refractivity contribution >= 4 is 11.7 Å². The summed E-state index contributed by atoms with van der Waals surface area (Å²) in [6, 6.07) is 7.37. The van der Waals surface area contributed by atoms with Gasteiger partial charge in [-0.3, -0.25) is 4.79 Å². The molecule has 0 bridgehead atoms. The summed E-state index contributed by atoms with van der Waals surface area (Å²) >= 11 is 0. The van der Waals surface area contributed by atoms with Crippen LogP contribution in [-0.4, -0.2) is 53.7 Å². The lowest BCUT2D eigenvalue weighted by Gasteiger charge is -2.35. The van der Waals surface area contributed by atoms with Crippen molar-refractivity contribution in [3.8, 4) is 11.5 Å². The molecule has 2 aliphatic heterocycles. The third-order valence-electron chi connectivity index (χ3n) is 4.88. The van der Waals surface area contributed by atoms with Gasteiger partial charge in [0.2, 0.25) is 6.79 Å². The van der Waals surface area contributed by atoms with Crippen LogP contribution in [0.2, 0.25) is 0 Å². The Morgan fingerprint density at radius 2 is 1.78 bits per heavy atom. The van der Waals surface area contributed by atoms with Gasteiger partial charge in [0, 0.05) is 49.4 Å². The minimum Gasteiger partial charge on any atom is -0.454 e. The van der Waals surface area contributed by atoms with Crippen molar-refractivity contribution in [2.75, 3.05) is 37.9 Å². The van der Waals surface area contributed by atoms with Gasteiger partial charge in [0.1, 0.15) is 11.6 Å². The highest BCUT2D eigenvalue weighted by Crippen LogP contribution is 2.33. The Morgan fingerprint density at radius 1 is 1.04 bits per heavy atom. The first-order chi connectivity index (χ1) is 13.0. The predicted molar refractivity (Wildman–Crippen MR) is 102 cm³/mol. The van der Waals surface area contributed by atoms with Crippen molar-refractivity contribution in [2.45, 2.75) is 26.7 Å². The van der Waals surface area contributed by atoms with Crippen molar-refractivity contribution in [2.24, 2.45) is 0 Å². The van der Waals surface area contributed by atoms with Gasteiger partial charge in [0.25, 0.3) is 5.91 Å². The Hall–Kier alpha value is -2.83. The summed E-state index contributed by atoms with van der Waals surface area (Å²) in [6.07, 6.45) is 0. The average molecular weight is 368 g/mol. The van der Waals surface area contributed by atoms with Crippen molar-refractivity contribution < 1.29 is 14.3 Å². The molecule has 0 radical (unpaired) electrons. The number of aryl methyl sites for hydroxylation is 1. The van der Waals surface area contributed by atoms with Crippen molar-refractivity contribution in [3.63, 3.8) is 0 Å². The topological polar surface area (TPSA) is 67.8 Å². The molecule has 1 saturated heterocycles. The molecule has 4 rings (SSSR count). The average Bonchev–Trinajstić information content (AvgIpc) is 3.15. The molecule has 2 aliphatic rings. The quantitative estimate of drug-likeness (QED) is 0.830. The molecule has 0 spiro atoms. The first kappa shape index (κ1) is 17.6. The molecule has 142 valence electrons. The van der Waals surface area contributed by atoms with Gasteiger partial charge in [0.05, 0.1) is 0 Å². The zero-order valence-corrected chi connectivity index (χ0v) is 15.9. The van der Waals surface area contributed by atoms with Gasteiger partial charge in [-0.15, -0.1) is 0 Å². The Labute approximate surface area is 158 Å². The normalized spacial score (nSPS) is 16.1. The Bertz CT molecular complexity index is 860. The minimum absolute atomic E-state index is 0.0229. The number of hydrogen-bond donors (Lipinski definition) is 0. The number of piperazine rings is 1. The molecule has 0 unspecified atom stereocenters. The second-order valence-corrected chi connectivity index (χ2v) is 7.23. The lowest BCUT2D eigenvalue weighted by atomic mass is 10.1. The minimum atomic E-state index is 0.0229. The number of hydrogen-bond acceptors (Lipinski definition) is 6. The first-order valence-corrected chi connectivity index (χ1v) is 9.31. The summed E-state index contributed by atoms with van der Waals surface area (Å²) in [5.41, 5.74) is 1.61. The monoisotopic (exact) mass is 368 g/mol. The van der Waals surface area contributed by atoms with E-state index in [9.17, 15) is 4.79 Å². The van der Waals surface area contributed by atoms with E-state index in [1.165, 1.54) is 0 Å². The summed E-state index contributed by atoms with van der Waals surface area (Å²) in [5, 5.41) is 0. The summed E-state index contributed by atoms with van der Waals surface area (Å²) in [4.78, 5) is 26.2. The number of rotatable bonds is 3. The Morgan fingerprint density at radius 3 is 2.52 bits per heavy atom. The number of amides is 1. The van der Waals surface area contributed by atoms with Crippen LogP contribution in [0.3, 0.4) is 0 Å². The molecule has 0 aliphatic carbocycles. The van der Waals surface area contributed by atoms with Crippen LogP contribution in [0.25, 0.3) is 0 Å². The van der Waals surface area contributed by atoms with Crippen molar-refractivity contribution in [1.82, 2.24) is 14.9 Å². The number of aromatic nitrogens is 2. The smallest absolute Gasteiger partial charge is 0.254 e. The molecule has 1 fully saturated rings. The van der Waals surface area contributed by atoms with Crippen LogP contribution in [0.4, 0.5) is 5.82 Å². The Kier molecular flexibility index (Phi) is 4.59. The third-order valence-corrected chi connectivity index (χ3v) is 4.88. The number of carbonyl (C=O) groups is 1. The molecule has 0 saturated carbocycles. The zero-order valence-electron chi connectivity index (χ0n) is 15.9. The van der Waals surface area contributed by atoms with E-state index in [0.717, 1.165) is 30.4 Å². The fourth-order valence-corrected chi connectivity index (χ4v) is 3.35. The number of ether oxygens (including phenoxy) is 2. The molecule has 0 N–H and O–H groups in total. The number of fused-ring (bicyclic) bond motifs is 1. The molecule has 1 aromatic heterocycles. The number of benzene rings is 1. The van der Waals surface area contributed by atoms with Gasteiger partial charge < -0.3 is 19.3 Å². The van der Waals surface area contributed by atoms with Gasteiger partial charge in [-0.1, -0.05) is 13.8 Å². The molecular formula is C20H24N4O3. The van der Waals surface area contributed by atoms with E-state index >= 15 is 0 Å². The van der Waals surface area contributed by atoms with Crippen LogP contribution in [-0.2, 0) is 0 Å². The summed E-state index contributed by atoms with van der Waals surface area (Å²) in [6.45, 7) is 9.23. The number of anilines is 1. The fraction of sp³-hybridized carbons (Fsp3) is 0.450. The predicted octanol–water partition coefficient (Wildman–Crippen LogP) is 2.60. The van der Waals surface area contributed by atoms with Crippen LogP contribution in [0.1, 0.15) is 41.6 Å². The van der Waals surface area contributed by atoms with E-state index in [4.69, 9.17) is 14.5 Å². The first-order valence-electron chi connectivity index (χ1n) is 9.31. The van der Waals surface area contributed by atoms with E-state index in [1.807, 2.05) is 17.9 Å². The number of nitrogens with zero attached hydrogens (tertiary/aromatic N) is 4. The fourth-order valence-electron chi connectivity index (χ4n) is 3.35. The van der Waals surface area contributed by atoms with Gasteiger partial charge in [-0.25, -0.2) is 9.97 Å². The third kappa shape index (κ3) is 3.54. The van der Waals surface area contributed by atoms with E-state index in [0.29, 0.717) is 30.2 Å². The molecule has 27 heavy (non-hydrogen) atoms. The summed E-state index contributed by atoms with van der Waals surface area (Å²) in [7, 11) is 0. The van der Waals surface area contributed by atoms with Gasteiger partial charge in [-0.05, 0) is 25.1 Å². The SMILES string of the molecule is Cc1cc(N2CCN(C(=O)c3ccc4c(c3)OCO4)CC2)nc(C(C)C)n1. The highest BCUT2D eigenvalue weighted by Gasteiger charge is 2.25. The van der Waals surface area contributed by atoms with Crippen LogP contribution in [0.5, 0.6) is 11.5 Å². The van der Waals surface area contributed by atoms with Gasteiger partial charge in [0.15, 0.2) is 11.5 Å². The van der Waals surface area contributed by atoms with E-state index in [2.05, 4.69) is 23.7 Å². The van der Waals surface area contributed by atoms with Gasteiger partial charge >= 0.3 is 0 Å². The maximum Gasteiger partial charge on any atom is 0.254 e. The molecular weight excluding hydrogens is 344 g/mol. The standard InChI is InChI=1S/C20H24N4O3/c1-13(2)19-21-14(3)10-18(22-19)23-6-8-24(9-7-23)20(25)15-4-5-16-17(11-15)27-12-26-16/h4-5,10-11,13H,6-9,12H2,1-3H3. The molecule has 1 amide bonds. The van der Waals surface area contributed by atoms with Crippen molar-refractivity contribution in [1.29, 1.82) is 0 Å². The molecule has 2 aromatic rings. The molecule has 7 nitrogen and oxygen atoms in total. The maximum atomic E-state index is 12.8. The zero-order chi connectivity index (χ0) is 19.0. The highest BCUT2D eigenvalue weighted by atomic mass is 16.7. The van der Waals surface area contributed by atoms with Crippen molar-refractivity contribution in [3.05, 3.63) is 41.3 Å². The van der Waals surface area contributed by atoms with E-state index in [1.54, 1.807) is 18.2 Å². The van der Waals surface area contributed by atoms with E-state index in [-0.39, 0.29) is 18.6 Å². The molecule has 3 heterocycles. The summed E-state index contributed by atoms with van der Waals surface area (Å²) in [5.74, 6) is 3.45. The molecule has 7 heteroatoms. The molecule has 1 aromatic carbocycles. The van der Waals surface area contributed by atoms with Gasteiger partial charge in [-0.2, -0.15) is 0 Å². The Balaban J connectivity index is 1.44. The van der Waals surface area contributed by atoms with Crippen LogP contribution in [0.15, 0.2) is 24.3 Å². The van der Waals surface area contributed by atoms with E-state index < -0.39 is 0 Å². The lowest BCUT2D eigenvalue weighted by Crippen LogP contribution is -2.49. The second-order valence-electron chi connectivity index (χ2n) is 7.23.